The van der Waals surface area contributed by atoms with E-state index in [1.807, 2.05) is 12.3 Å². The number of ether oxygens (including phenoxy) is 2. The standard InChI is InChI=1S/C7H13NO2/c1-9-7(10-2)3-5-8-6-4-7/h3,5,8H,4,6H2,1-2H3. The molecule has 0 saturated heterocycles. The molecule has 0 aromatic heterocycles. The van der Waals surface area contributed by atoms with E-state index in [1.54, 1.807) is 14.2 Å². The van der Waals surface area contributed by atoms with Crippen molar-refractivity contribution in [2.75, 3.05) is 20.8 Å². The molecule has 0 saturated carbocycles. The quantitative estimate of drug-likeness (QED) is 0.570. The smallest absolute Gasteiger partial charge is 0.190 e. The second-order valence-electron chi connectivity index (χ2n) is 2.26. The molecule has 3 nitrogen and oxygen atoms in total. The highest BCUT2D eigenvalue weighted by Gasteiger charge is 2.27. The molecule has 0 fully saturated rings. The van der Waals surface area contributed by atoms with Crippen molar-refractivity contribution in [1.82, 2.24) is 5.32 Å². The van der Waals surface area contributed by atoms with E-state index in [-0.39, 0.29) is 0 Å². The minimum Gasteiger partial charge on any atom is -0.391 e. The highest BCUT2D eigenvalue weighted by Crippen LogP contribution is 2.19. The summed E-state index contributed by atoms with van der Waals surface area (Å²) in [6.45, 7) is 0.901. The third-order valence-electron chi connectivity index (χ3n) is 1.76. The topological polar surface area (TPSA) is 30.5 Å². The van der Waals surface area contributed by atoms with E-state index in [4.69, 9.17) is 9.47 Å². The Hall–Kier alpha value is -0.540. The highest BCUT2D eigenvalue weighted by molar-refractivity contribution is 4.99. The van der Waals surface area contributed by atoms with Gasteiger partial charge in [0.2, 0.25) is 0 Å². The van der Waals surface area contributed by atoms with Crippen LogP contribution in [0.2, 0.25) is 0 Å². The predicted molar refractivity (Wildman–Crippen MR) is 38.5 cm³/mol. The number of methoxy groups -OCH3 is 2. The van der Waals surface area contributed by atoms with Crippen LogP contribution in [0.25, 0.3) is 0 Å². The maximum atomic E-state index is 5.18. The molecule has 0 bridgehead atoms. The van der Waals surface area contributed by atoms with Gasteiger partial charge in [-0.15, -0.1) is 0 Å². The molecule has 0 radical (unpaired) electrons. The van der Waals surface area contributed by atoms with Crippen molar-refractivity contribution >= 4 is 0 Å². The van der Waals surface area contributed by atoms with Crippen molar-refractivity contribution in [1.29, 1.82) is 0 Å². The summed E-state index contributed by atoms with van der Waals surface area (Å²) in [5.41, 5.74) is 0. The van der Waals surface area contributed by atoms with E-state index in [0.29, 0.717) is 0 Å². The van der Waals surface area contributed by atoms with Crippen molar-refractivity contribution in [2.24, 2.45) is 0 Å². The van der Waals surface area contributed by atoms with Crippen molar-refractivity contribution in [3.63, 3.8) is 0 Å². The van der Waals surface area contributed by atoms with Gasteiger partial charge in [-0.3, -0.25) is 0 Å². The third-order valence-corrected chi connectivity index (χ3v) is 1.76. The van der Waals surface area contributed by atoms with Gasteiger partial charge in [0.25, 0.3) is 0 Å². The first-order valence-corrected chi connectivity index (χ1v) is 3.34. The fraction of sp³-hybridized carbons (Fsp3) is 0.714. The molecular formula is C7H13NO2. The predicted octanol–water partition coefficient (Wildman–Crippen LogP) is 0.482. The Morgan fingerprint density at radius 1 is 1.40 bits per heavy atom. The van der Waals surface area contributed by atoms with Crippen molar-refractivity contribution < 1.29 is 9.47 Å². The van der Waals surface area contributed by atoms with Gasteiger partial charge >= 0.3 is 0 Å². The molecule has 1 N–H and O–H groups in total. The molecular weight excluding hydrogens is 130 g/mol. The van der Waals surface area contributed by atoms with Crippen molar-refractivity contribution in [3.05, 3.63) is 12.3 Å². The molecule has 0 aromatic rings. The van der Waals surface area contributed by atoms with Crippen molar-refractivity contribution in [3.8, 4) is 0 Å². The van der Waals surface area contributed by atoms with Crippen LogP contribution in [0, 0.1) is 0 Å². The fourth-order valence-corrected chi connectivity index (χ4v) is 1.02. The summed E-state index contributed by atoms with van der Waals surface area (Å²) >= 11 is 0. The molecule has 0 atom stereocenters. The van der Waals surface area contributed by atoms with Crippen LogP contribution >= 0.6 is 0 Å². The summed E-state index contributed by atoms with van der Waals surface area (Å²) in [5.74, 6) is -0.481. The molecule has 1 aliphatic rings. The average molecular weight is 143 g/mol. The Morgan fingerprint density at radius 3 is 2.40 bits per heavy atom. The average Bonchev–Trinajstić information content (AvgIpc) is 2.06. The lowest BCUT2D eigenvalue weighted by atomic mass is 10.1. The largest absolute Gasteiger partial charge is 0.391 e. The van der Waals surface area contributed by atoms with Crippen LogP contribution in [0.15, 0.2) is 12.3 Å². The van der Waals surface area contributed by atoms with Gasteiger partial charge in [-0.05, 0) is 12.3 Å². The number of nitrogens with one attached hydrogen (secondary N) is 1. The van der Waals surface area contributed by atoms with Crippen molar-refractivity contribution in [2.45, 2.75) is 12.2 Å². The normalized spacial score (nSPS) is 22.2. The zero-order valence-corrected chi connectivity index (χ0v) is 6.39. The second kappa shape index (κ2) is 3.03. The van der Waals surface area contributed by atoms with Gasteiger partial charge in [0.05, 0.1) is 0 Å². The molecule has 3 heteroatoms. The lowest BCUT2D eigenvalue weighted by Crippen LogP contribution is -2.37. The number of hydrogen-bond donors (Lipinski definition) is 1. The summed E-state index contributed by atoms with van der Waals surface area (Å²) in [6.07, 6.45) is 4.60. The van der Waals surface area contributed by atoms with Gasteiger partial charge in [-0.2, -0.15) is 0 Å². The van der Waals surface area contributed by atoms with Crippen LogP contribution in [0.4, 0.5) is 0 Å². The molecule has 1 rings (SSSR count). The molecule has 58 valence electrons. The maximum Gasteiger partial charge on any atom is 0.190 e. The molecule has 1 aliphatic heterocycles. The van der Waals surface area contributed by atoms with E-state index in [2.05, 4.69) is 5.32 Å². The maximum absolute atomic E-state index is 5.18. The number of hydrogen-bond acceptors (Lipinski definition) is 3. The Bertz CT molecular complexity index is 130. The van der Waals surface area contributed by atoms with Crippen LogP contribution in [0.3, 0.4) is 0 Å². The molecule has 0 unspecified atom stereocenters. The van der Waals surface area contributed by atoms with Gasteiger partial charge in [0, 0.05) is 27.2 Å². The van der Waals surface area contributed by atoms with Gasteiger partial charge in [0.15, 0.2) is 5.79 Å². The molecule has 0 amide bonds. The Balaban J connectivity index is 2.61. The summed E-state index contributed by atoms with van der Waals surface area (Å²) in [5, 5.41) is 3.07. The first kappa shape index (κ1) is 7.57. The lowest BCUT2D eigenvalue weighted by molar-refractivity contribution is -0.175. The minimum absolute atomic E-state index is 0.481. The van der Waals surface area contributed by atoms with E-state index < -0.39 is 5.79 Å². The summed E-state index contributed by atoms with van der Waals surface area (Å²) in [4.78, 5) is 0. The summed E-state index contributed by atoms with van der Waals surface area (Å²) < 4.78 is 10.4. The van der Waals surface area contributed by atoms with Crippen LogP contribution in [-0.4, -0.2) is 26.6 Å². The number of rotatable bonds is 2. The van der Waals surface area contributed by atoms with E-state index >= 15 is 0 Å². The van der Waals surface area contributed by atoms with Gasteiger partial charge in [-0.25, -0.2) is 0 Å². The fourth-order valence-electron chi connectivity index (χ4n) is 1.02. The monoisotopic (exact) mass is 143 g/mol. The summed E-state index contributed by atoms with van der Waals surface area (Å²) in [6, 6.07) is 0. The minimum atomic E-state index is -0.481. The molecule has 0 aromatic carbocycles. The molecule has 10 heavy (non-hydrogen) atoms. The zero-order valence-electron chi connectivity index (χ0n) is 6.39. The van der Waals surface area contributed by atoms with Gasteiger partial charge in [0.1, 0.15) is 0 Å². The van der Waals surface area contributed by atoms with Crippen LogP contribution in [-0.2, 0) is 9.47 Å². The molecule has 0 spiro atoms. The first-order valence-electron chi connectivity index (χ1n) is 3.34. The van der Waals surface area contributed by atoms with Crippen LogP contribution in [0.5, 0.6) is 0 Å². The van der Waals surface area contributed by atoms with E-state index in [9.17, 15) is 0 Å². The second-order valence-corrected chi connectivity index (χ2v) is 2.26. The molecule has 1 heterocycles. The molecule has 0 aliphatic carbocycles. The Labute approximate surface area is 61.0 Å². The first-order chi connectivity index (χ1) is 4.83. The highest BCUT2D eigenvalue weighted by atomic mass is 16.7. The van der Waals surface area contributed by atoms with Gasteiger partial charge in [-0.1, -0.05) is 0 Å². The lowest BCUT2D eigenvalue weighted by Gasteiger charge is -2.30. The summed E-state index contributed by atoms with van der Waals surface area (Å²) in [7, 11) is 3.30. The van der Waals surface area contributed by atoms with Crippen LogP contribution in [0.1, 0.15) is 6.42 Å². The Kier molecular flexibility index (Phi) is 2.29. The van der Waals surface area contributed by atoms with E-state index in [1.165, 1.54) is 0 Å². The third kappa shape index (κ3) is 1.30. The Morgan fingerprint density at radius 2 is 2.10 bits per heavy atom. The van der Waals surface area contributed by atoms with E-state index in [0.717, 1.165) is 13.0 Å². The SMILES string of the molecule is COC1(OC)C=CNCC1. The van der Waals surface area contributed by atoms with Crippen LogP contribution < -0.4 is 5.32 Å². The van der Waals surface area contributed by atoms with Gasteiger partial charge < -0.3 is 14.8 Å². The zero-order chi connectivity index (χ0) is 7.45.